The molecule has 8 nitrogen and oxygen atoms in total. The minimum atomic E-state index is 0. The Morgan fingerprint density at radius 2 is 1.82 bits per heavy atom. The average molecular weight is 564 g/mol. The van der Waals surface area contributed by atoms with Gasteiger partial charge < -0.3 is 29.4 Å². The number of piperidine rings is 1. The van der Waals surface area contributed by atoms with Crippen LogP contribution < -0.4 is 25.0 Å². The van der Waals surface area contributed by atoms with Crippen molar-refractivity contribution in [1.29, 1.82) is 0 Å². The molecule has 0 saturated carbocycles. The molecule has 1 fully saturated rings. The smallest absolute Gasteiger partial charge is 0.191 e. The van der Waals surface area contributed by atoms with Crippen LogP contribution in [0.15, 0.2) is 47.6 Å². The highest BCUT2D eigenvalue weighted by Crippen LogP contribution is 2.30. The van der Waals surface area contributed by atoms with Gasteiger partial charge in [-0.3, -0.25) is 4.99 Å². The van der Waals surface area contributed by atoms with Gasteiger partial charge in [-0.1, -0.05) is 6.07 Å². The van der Waals surface area contributed by atoms with E-state index in [0.29, 0.717) is 12.6 Å². The zero-order valence-corrected chi connectivity index (χ0v) is 22.0. The number of aryl methyl sites for hydroxylation is 1. The number of hydrogen-bond donors (Lipinski definition) is 2. The van der Waals surface area contributed by atoms with Gasteiger partial charge in [0.2, 0.25) is 0 Å². The van der Waals surface area contributed by atoms with Crippen LogP contribution in [-0.4, -0.2) is 55.7 Å². The zero-order chi connectivity index (χ0) is 22.5. The van der Waals surface area contributed by atoms with Crippen LogP contribution in [0.3, 0.4) is 0 Å². The Balaban J connectivity index is 0.00000306. The van der Waals surface area contributed by atoms with Gasteiger partial charge in [0.05, 0.1) is 26.5 Å². The molecule has 2 N–H and O–H groups in total. The van der Waals surface area contributed by atoms with Gasteiger partial charge in [0.15, 0.2) is 5.96 Å². The van der Waals surface area contributed by atoms with Crippen LogP contribution in [-0.2, 0) is 6.54 Å². The minimum Gasteiger partial charge on any atom is -0.497 e. The number of rotatable bonds is 6. The molecule has 1 aliphatic rings. The summed E-state index contributed by atoms with van der Waals surface area (Å²) in [6.45, 7) is 4.62. The minimum absolute atomic E-state index is 0. The molecule has 0 atom stereocenters. The molecule has 1 aliphatic heterocycles. The molecule has 0 radical (unpaired) electrons. The van der Waals surface area contributed by atoms with Crippen LogP contribution in [0.4, 0.5) is 5.69 Å². The number of benzene rings is 1. The molecule has 0 aliphatic carbocycles. The van der Waals surface area contributed by atoms with Crippen LogP contribution in [0, 0.1) is 6.92 Å². The third-order valence-electron chi connectivity index (χ3n) is 5.94. The second kappa shape index (κ2) is 11.4. The van der Waals surface area contributed by atoms with E-state index in [2.05, 4.69) is 61.2 Å². The van der Waals surface area contributed by atoms with Crippen LogP contribution in [0.5, 0.6) is 11.5 Å². The van der Waals surface area contributed by atoms with Gasteiger partial charge in [-0.2, -0.15) is 0 Å². The topological polar surface area (TPSA) is 75.4 Å². The van der Waals surface area contributed by atoms with E-state index in [4.69, 9.17) is 9.47 Å². The van der Waals surface area contributed by atoms with E-state index in [1.165, 1.54) is 5.69 Å². The molecular weight excluding hydrogens is 531 g/mol. The zero-order valence-electron chi connectivity index (χ0n) is 19.7. The summed E-state index contributed by atoms with van der Waals surface area (Å²) in [6.07, 6.45) is 4.12. The van der Waals surface area contributed by atoms with Gasteiger partial charge in [-0.15, -0.1) is 24.0 Å². The third kappa shape index (κ3) is 6.01. The number of fused-ring (bicyclic) bond motifs is 1. The molecule has 4 rings (SSSR count). The van der Waals surface area contributed by atoms with Crippen LogP contribution in [0.25, 0.3) is 5.65 Å². The maximum atomic E-state index is 5.42. The summed E-state index contributed by atoms with van der Waals surface area (Å²) >= 11 is 0. The van der Waals surface area contributed by atoms with Crippen molar-refractivity contribution >= 4 is 41.3 Å². The van der Waals surface area contributed by atoms with E-state index in [-0.39, 0.29) is 24.0 Å². The predicted octanol–water partition coefficient (Wildman–Crippen LogP) is 3.61. The van der Waals surface area contributed by atoms with Gasteiger partial charge >= 0.3 is 0 Å². The summed E-state index contributed by atoms with van der Waals surface area (Å²) in [5, 5.41) is 6.97. The Morgan fingerprint density at radius 1 is 1.12 bits per heavy atom. The van der Waals surface area contributed by atoms with Crippen molar-refractivity contribution in [3.8, 4) is 11.5 Å². The molecular formula is C24H33IN6O2. The predicted molar refractivity (Wildman–Crippen MR) is 143 cm³/mol. The number of guanidine groups is 1. The van der Waals surface area contributed by atoms with Gasteiger partial charge in [0, 0.05) is 62.0 Å². The lowest BCUT2D eigenvalue weighted by molar-refractivity contribution is 0.393. The first-order valence-corrected chi connectivity index (χ1v) is 11.0. The van der Waals surface area contributed by atoms with E-state index in [1.54, 1.807) is 21.3 Å². The van der Waals surface area contributed by atoms with Gasteiger partial charge in [0.1, 0.15) is 17.1 Å². The number of hydrogen-bond acceptors (Lipinski definition) is 5. The fraction of sp³-hybridized carbons (Fsp3) is 0.417. The molecule has 1 aromatic carbocycles. The first-order chi connectivity index (χ1) is 15.6. The average Bonchev–Trinajstić information content (AvgIpc) is 3.26. The SMILES string of the molecule is CN=C(NCc1cn2c(C)cccc2n1)NC1CCN(c2cc(OC)cc(OC)c2)CC1.I. The molecule has 33 heavy (non-hydrogen) atoms. The molecule has 0 unspecified atom stereocenters. The second-order valence-electron chi connectivity index (χ2n) is 8.03. The summed E-state index contributed by atoms with van der Waals surface area (Å²) in [7, 11) is 5.17. The summed E-state index contributed by atoms with van der Waals surface area (Å²) in [4.78, 5) is 11.5. The molecule has 0 amide bonds. The largest absolute Gasteiger partial charge is 0.497 e. The maximum absolute atomic E-state index is 5.42. The quantitative estimate of drug-likeness (QED) is 0.271. The van der Waals surface area contributed by atoms with Crippen LogP contribution >= 0.6 is 24.0 Å². The van der Waals surface area contributed by atoms with Gasteiger partial charge in [-0.05, 0) is 31.9 Å². The first kappa shape index (κ1) is 24.9. The van der Waals surface area contributed by atoms with Gasteiger partial charge in [0.25, 0.3) is 0 Å². The number of imidazole rings is 1. The number of nitrogens with one attached hydrogen (secondary N) is 2. The van der Waals surface area contributed by atoms with Crippen molar-refractivity contribution in [2.75, 3.05) is 39.3 Å². The Kier molecular flexibility index (Phi) is 8.65. The lowest BCUT2D eigenvalue weighted by Gasteiger charge is -2.34. The molecule has 0 bridgehead atoms. The lowest BCUT2D eigenvalue weighted by Crippen LogP contribution is -2.48. The molecule has 3 heterocycles. The highest BCUT2D eigenvalue weighted by Gasteiger charge is 2.21. The molecule has 178 valence electrons. The summed E-state index contributed by atoms with van der Waals surface area (Å²) in [5.41, 5.74) is 4.25. The van der Waals surface area contributed by atoms with Crippen molar-refractivity contribution in [3.63, 3.8) is 0 Å². The van der Waals surface area contributed by atoms with Crippen molar-refractivity contribution in [3.05, 3.63) is 54.0 Å². The number of aliphatic imine (C=N–C) groups is 1. The Hall–Kier alpha value is -2.69. The summed E-state index contributed by atoms with van der Waals surface area (Å²) < 4.78 is 12.9. The summed E-state index contributed by atoms with van der Waals surface area (Å²) in [6, 6.07) is 12.5. The van der Waals surface area contributed by atoms with E-state index in [0.717, 1.165) is 60.4 Å². The molecule has 2 aromatic heterocycles. The lowest BCUT2D eigenvalue weighted by atomic mass is 10.0. The molecule has 9 heteroatoms. The fourth-order valence-corrected chi connectivity index (χ4v) is 4.10. The van der Waals surface area contributed by atoms with E-state index in [9.17, 15) is 0 Å². The highest BCUT2D eigenvalue weighted by molar-refractivity contribution is 14.0. The maximum Gasteiger partial charge on any atom is 0.191 e. The van der Waals surface area contributed by atoms with Crippen LogP contribution in [0.2, 0.25) is 0 Å². The normalized spacial score (nSPS) is 14.7. The second-order valence-corrected chi connectivity index (χ2v) is 8.03. The molecule has 1 saturated heterocycles. The van der Waals surface area contributed by atoms with E-state index < -0.39 is 0 Å². The van der Waals surface area contributed by atoms with Gasteiger partial charge in [-0.25, -0.2) is 4.98 Å². The van der Waals surface area contributed by atoms with Crippen molar-refractivity contribution < 1.29 is 9.47 Å². The number of halogens is 1. The summed E-state index contributed by atoms with van der Waals surface area (Å²) in [5.74, 6) is 2.43. The van der Waals surface area contributed by atoms with Crippen molar-refractivity contribution in [2.45, 2.75) is 32.4 Å². The first-order valence-electron chi connectivity index (χ1n) is 11.0. The Bertz CT molecular complexity index is 1070. The number of methoxy groups -OCH3 is 2. The van der Waals surface area contributed by atoms with E-state index >= 15 is 0 Å². The fourth-order valence-electron chi connectivity index (χ4n) is 4.10. The third-order valence-corrected chi connectivity index (χ3v) is 5.94. The van der Waals surface area contributed by atoms with E-state index in [1.807, 2.05) is 18.2 Å². The monoisotopic (exact) mass is 564 g/mol. The number of nitrogens with zero attached hydrogens (tertiary/aromatic N) is 4. The number of aromatic nitrogens is 2. The van der Waals surface area contributed by atoms with Crippen molar-refractivity contribution in [2.24, 2.45) is 4.99 Å². The number of pyridine rings is 1. The molecule has 0 spiro atoms. The standard InChI is InChI=1S/C24H32N6O2.HI/c1-17-6-5-7-23-27-19(16-30(17)23)15-26-24(25-2)28-18-8-10-29(11-9-18)20-12-21(31-3)14-22(13-20)32-4;/h5-7,12-14,16,18H,8-11,15H2,1-4H3,(H2,25,26,28);1H. The van der Waals surface area contributed by atoms with Crippen LogP contribution in [0.1, 0.15) is 24.2 Å². The number of ether oxygens (including phenoxy) is 2. The number of anilines is 1. The molecule has 3 aromatic rings. The Morgan fingerprint density at radius 3 is 2.42 bits per heavy atom. The Labute approximate surface area is 212 Å². The highest BCUT2D eigenvalue weighted by atomic mass is 127. The van der Waals surface area contributed by atoms with Crippen molar-refractivity contribution in [1.82, 2.24) is 20.0 Å².